The lowest BCUT2D eigenvalue weighted by molar-refractivity contribution is 0.0454. The average molecular weight is 277 g/mol. The fraction of sp³-hybridized carbons (Fsp3) is 0.750. The first-order chi connectivity index (χ1) is 9.86. The Morgan fingerprint density at radius 2 is 2.25 bits per heavy atom. The lowest BCUT2D eigenvalue weighted by atomic mass is 9.99. The van der Waals surface area contributed by atoms with Gasteiger partial charge in [-0.3, -0.25) is 9.80 Å². The van der Waals surface area contributed by atoms with Crippen LogP contribution in [-0.2, 0) is 13.1 Å². The Morgan fingerprint density at radius 3 is 3.15 bits per heavy atom. The predicted octanol–water partition coefficient (Wildman–Crippen LogP) is 2.06. The average Bonchev–Trinajstić information content (AvgIpc) is 2.92. The molecule has 2 aliphatic rings. The summed E-state index contributed by atoms with van der Waals surface area (Å²) in [4.78, 5) is 5.29. The minimum atomic E-state index is 0.793. The standard InChI is InChI=1S/C16H27N3O/c1-2-17-11-16-14(6-10-20-16)12-18-8-9-19-7-4-3-5-15(19)13-18/h6,10,15,17H,2-5,7-9,11-13H2,1H3. The summed E-state index contributed by atoms with van der Waals surface area (Å²) in [6.45, 7) is 9.99. The van der Waals surface area contributed by atoms with E-state index in [0.717, 1.165) is 31.4 Å². The molecule has 4 heteroatoms. The molecule has 0 aromatic carbocycles. The molecule has 4 nitrogen and oxygen atoms in total. The van der Waals surface area contributed by atoms with Gasteiger partial charge in [0.05, 0.1) is 12.8 Å². The molecule has 0 aliphatic carbocycles. The van der Waals surface area contributed by atoms with E-state index in [2.05, 4.69) is 28.1 Å². The Kier molecular flexibility index (Phi) is 4.76. The highest BCUT2D eigenvalue weighted by atomic mass is 16.3. The van der Waals surface area contributed by atoms with Gasteiger partial charge in [0.15, 0.2) is 0 Å². The zero-order valence-electron chi connectivity index (χ0n) is 12.6. The summed E-state index contributed by atoms with van der Waals surface area (Å²) >= 11 is 0. The van der Waals surface area contributed by atoms with Crippen LogP contribution in [-0.4, -0.2) is 48.6 Å². The van der Waals surface area contributed by atoms with Crippen molar-refractivity contribution in [3.63, 3.8) is 0 Å². The van der Waals surface area contributed by atoms with Crippen LogP contribution in [0.2, 0.25) is 0 Å². The van der Waals surface area contributed by atoms with Crippen LogP contribution in [0.1, 0.15) is 37.5 Å². The van der Waals surface area contributed by atoms with Crippen molar-refractivity contribution in [2.45, 2.75) is 45.3 Å². The van der Waals surface area contributed by atoms with Gasteiger partial charge in [-0.1, -0.05) is 13.3 Å². The van der Waals surface area contributed by atoms with E-state index in [0.29, 0.717) is 0 Å². The van der Waals surface area contributed by atoms with E-state index >= 15 is 0 Å². The second-order valence-corrected chi connectivity index (χ2v) is 6.07. The summed E-state index contributed by atoms with van der Waals surface area (Å²) in [7, 11) is 0. The molecule has 1 unspecified atom stereocenters. The van der Waals surface area contributed by atoms with Gasteiger partial charge in [-0.05, 0) is 32.0 Å². The first kappa shape index (κ1) is 14.1. The highest BCUT2D eigenvalue weighted by Crippen LogP contribution is 2.23. The van der Waals surface area contributed by atoms with E-state index in [1.54, 1.807) is 0 Å². The molecule has 2 fully saturated rings. The van der Waals surface area contributed by atoms with Gasteiger partial charge in [-0.25, -0.2) is 0 Å². The summed E-state index contributed by atoms with van der Waals surface area (Å²) in [6, 6.07) is 2.93. The number of hydrogen-bond acceptors (Lipinski definition) is 4. The molecule has 3 rings (SSSR count). The highest BCUT2D eigenvalue weighted by Gasteiger charge is 2.29. The van der Waals surface area contributed by atoms with E-state index in [-0.39, 0.29) is 0 Å². The van der Waals surface area contributed by atoms with Crippen LogP contribution in [0.3, 0.4) is 0 Å². The molecule has 0 saturated carbocycles. The van der Waals surface area contributed by atoms with Gasteiger partial charge in [-0.2, -0.15) is 0 Å². The minimum Gasteiger partial charge on any atom is -0.468 e. The normalized spacial score (nSPS) is 24.8. The van der Waals surface area contributed by atoms with Gasteiger partial charge in [0, 0.05) is 37.8 Å². The van der Waals surface area contributed by atoms with Crippen molar-refractivity contribution in [3.8, 4) is 0 Å². The number of piperazine rings is 1. The molecule has 0 bridgehead atoms. The van der Waals surface area contributed by atoms with E-state index in [1.807, 2.05) is 6.26 Å². The number of nitrogens with zero attached hydrogens (tertiary/aromatic N) is 2. The van der Waals surface area contributed by atoms with Crippen LogP contribution in [0.5, 0.6) is 0 Å². The summed E-state index contributed by atoms with van der Waals surface area (Å²) in [5.74, 6) is 1.11. The minimum absolute atomic E-state index is 0.793. The molecule has 20 heavy (non-hydrogen) atoms. The van der Waals surface area contributed by atoms with Crippen molar-refractivity contribution >= 4 is 0 Å². The number of fused-ring (bicyclic) bond motifs is 1. The highest BCUT2D eigenvalue weighted by molar-refractivity contribution is 5.17. The van der Waals surface area contributed by atoms with E-state index < -0.39 is 0 Å². The molecule has 0 radical (unpaired) electrons. The molecule has 2 saturated heterocycles. The number of hydrogen-bond donors (Lipinski definition) is 1. The van der Waals surface area contributed by atoms with Crippen LogP contribution in [0.25, 0.3) is 0 Å². The Labute approximate surface area is 122 Å². The van der Waals surface area contributed by atoms with Crippen LogP contribution >= 0.6 is 0 Å². The van der Waals surface area contributed by atoms with Crippen molar-refractivity contribution in [2.24, 2.45) is 0 Å². The first-order valence-corrected chi connectivity index (χ1v) is 8.09. The monoisotopic (exact) mass is 277 g/mol. The van der Waals surface area contributed by atoms with Crippen molar-refractivity contribution in [3.05, 3.63) is 23.7 Å². The van der Waals surface area contributed by atoms with Crippen LogP contribution in [0, 0.1) is 0 Å². The third-order valence-electron chi connectivity index (χ3n) is 4.69. The number of nitrogens with one attached hydrogen (secondary N) is 1. The molecule has 1 aromatic heterocycles. The molecule has 1 N–H and O–H groups in total. The summed E-state index contributed by atoms with van der Waals surface area (Å²) in [5, 5.41) is 3.35. The fourth-order valence-corrected chi connectivity index (χ4v) is 3.51. The van der Waals surface area contributed by atoms with Crippen molar-refractivity contribution in [1.82, 2.24) is 15.1 Å². The van der Waals surface area contributed by atoms with Crippen molar-refractivity contribution < 1.29 is 4.42 Å². The Balaban J connectivity index is 1.56. The number of piperidine rings is 1. The lowest BCUT2D eigenvalue weighted by Crippen LogP contribution is -2.54. The lowest BCUT2D eigenvalue weighted by Gasteiger charge is -2.44. The van der Waals surface area contributed by atoms with Gasteiger partial charge < -0.3 is 9.73 Å². The SMILES string of the molecule is CCNCc1occc1CN1CCN2CCCCC2C1. The topological polar surface area (TPSA) is 31.7 Å². The Hall–Kier alpha value is -0.840. The van der Waals surface area contributed by atoms with Gasteiger partial charge in [0.1, 0.15) is 5.76 Å². The quantitative estimate of drug-likeness (QED) is 0.893. The maximum atomic E-state index is 5.62. The number of furan rings is 1. The third kappa shape index (κ3) is 3.25. The zero-order chi connectivity index (χ0) is 13.8. The molecule has 0 amide bonds. The third-order valence-corrected chi connectivity index (χ3v) is 4.69. The molecule has 2 aliphatic heterocycles. The first-order valence-electron chi connectivity index (χ1n) is 8.09. The van der Waals surface area contributed by atoms with Gasteiger partial charge in [0.25, 0.3) is 0 Å². The molecule has 1 aromatic rings. The maximum Gasteiger partial charge on any atom is 0.122 e. The largest absolute Gasteiger partial charge is 0.468 e. The Morgan fingerprint density at radius 1 is 1.30 bits per heavy atom. The second-order valence-electron chi connectivity index (χ2n) is 6.07. The maximum absolute atomic E-state index is 5.62. The van der Waals surface area contributed by atoms with Crippen LogP contribution < -0.4 is 5.32 Å². The second kappa shape index (κ2) is 6.74. The predicted molar refractivity (Wildman–Crippen MR) is 80.6 cm³/mol. The van der Waals surface area contributed by atoms with Gasteiger partial charge in [-0.15, -0.1) is 0 Å². The van der Waals surface area contributed by atoms with E-state index in [9.17, 15) is 0 Å². The molecule has 1 atom stereocenters. The smallest absolute Gasteiger partial charge is 0.122 e. The molecule has 3 heterocycles. The zero-order valence-corrected chi connectivity index (χ0v) is 12.6. The Bertz CT molecular complexity index is 418. The van der Waals surface area contributed by atoms with E-state index in [1.165, 1.54) is 51.0 Å². The van der Waals surface area contributed by atoms with Gasteiger partial charge in [0.2, 0.25) is 0 Å². The molecular weight excluding hydrogens is 250 g/mol. The molecule has 0 spiro atoms. The molecular formula is C16H27N3O. The van der Waals surface area contributed by atoms with Crippen molar-refractivity contribution in [2.75, 3.05) is 32.7 Å². The van der Waals surface area contributed by atoms with Crippen molar-refractivity contribution in [1.29, 1.82) is 0 Å². The van der Waals surface area contributed by atoms with Gasteiger partial charge >= 0.3 is 0 Å². The number of rotatable bonds is 5. The van der Waals surface area contributed by atoms with Crippen LogP contribution in [0.15, 0.2) is 16.7 Å². The summed E-state index contributed by atoms with van der Waals surface area (Å²) < 4.78 is 5.62. The van der Waals surface area contributed by atoms with Crippen LogP contribution in [0.4, 0.5) is 0 Å². The van der Waals surface area contributed by atoms with E-state index in [4.69, 9.17) is 4.42 Å². The fourth-order valence-electron chi connectivity index (χ4n) is 3.51. The summed E-state index contributed by atoms with van der Waals surface area (Å²) in [5.41, 5.74) is 1.36. The summed E-state index contributed by atoms with van der Waals surface area (Å²) in [6.07, 6.45) is 6.02. The molecule has 112 valence electrons.